The summed E-state index contributed by atoms with van der Waals surface area (Å²) in [6, 6.07) is 7.66. The summed E-state index contributed by atoms with van der Waals surface area (Å²) in [4.78, 5) is 0. The molecule has 0 spiro atoms. The molecule has 3 heteroatoms. The summed E-state index contributed by atoms with van der Waals surface area (Å²) >= 11 is 5.82. The molecule has 1 aromatic carbocycles. The van der Waals surface area contributed by atoms with Gasteiger partial charge in [-0.05, 0) is 38.0 Å². The number of benzene rings is 1. The van der Waals surface area contributed by atoms with E-state index in [9.17, 15) is 0 Å². The van der Waals surface area contributed by atoms with Crippen molar-refractivity contribution in [2.24, 2.45) is 5.73 Å². The summed E-state index contributed by atoms with van der Waals surface area (Å²) in [5, 5.41) is 0.736. The Bertz CT molecular complexity index is 295. The minimum atomic E-state index is -0.347. The average Bonchev–Trinajstić information content (AvgIpc) is 2.18. The van der Waals surface area contributed by atoms with E-state index < -0.39 is 0 Å². The van der Waals surface area contributed by atoms with Gasteiger partial charge in [-0.2, -0.15) is 0 Å². The minimum absolute atomic E-state index is 0.347. The molecule has 0 aliphatic heterocycles. The van der Waals surface area contributed by atoms with Crippen LogP contribution in [0.1, 0.15) is 25.8 Å². The van der Waals surface area contributed by atoms with E-state index in [1.807, 2.05) is 38.1 Å². The number of rotatable bonds is 5. The Morgan fingerprint density at radius 1 is 1.33 bits per heavy atom. The van der Waals surface area contributed by atoms with Gasteiger partial charge in [0.1, 0.15) is 0 Å². The molecule has 0 fully saturated rings. The molecular formula is C12H18ClNO. The molecule has 0 aliphatic rings. The zero-order valence-corrected chi connectivity index (χ0v) is 10.1. The molecule has 0 radical (unpaired) electrons. The molecule has 0 aliphatic carbocycles. The predicted octanol–water partition coefficient (Wildman–Crippen LogP) is 2.94. The van der Waals surface area contributed by atoms with Crippen LogP contribution < -0.4 is 5.73 Å². The molecule has 1 rings (SSSR count). The van der Waals surface area contributed by atoms with Crippen molar-refractivity contribution in [3.8, 4) is 0 Å². The quantitative estimate of drug-likeness (QED) is 0.785. The summed E-state index contributed by atoms with van der Waals surface area (Å²) in [6.07, 6.45) is 0.808. The van der Waals surface area contributed by atoms with Crippen LogP contribution in [-0.4, -0.2) is 13.2 Å². The van der Waals surface area contributed by atoms with E-state index in [-0.39, 0.29) is 5.54 Å². The molecule has 0 bridgehead atoms. The lowest BCUT2D eigenvalue weighted by atomic mass is 9.90. The zero-order valence-electron chi connectivity index (χ0n) is 9.29. The van der Waals surface area contributed by atoms with Crippen molar-refractivity contribution in [2.75, 3.05) is 13.2 Å². The molecule has 1 atom stereocenters. The fraction of sp³-hybridized carbons (Fsp3) is 0.500. The lowest BCUT2D eigenvalue weighted by molar-refractivity contribution is 0.128. The highest BCUT2D eigenvalue weighted by Gasteiger charge is 2.20. The van der Waals surface area contributed by atoms with Crippen molar-refractivity contribution in [3.63, 3.8) is 0 Å². The van der Waals surface area contributed by atoms with Gasteiger partial charge in [-0.1, -0.05) is 23.7 Å². The Hall–Kier alpha value is -0.570. The van der Waals surface area contributed by atoms with Crippen molar-refractivity contribution < 1.29 is 4.74 Å². The molecule has 15 heavy (non-hydrogen) atoms. The number of nitrogens with two attached hydrogens (primary N) is 1. The van der Waals surface area contributed by atoms with Gasteiger partial charge >= 0.3 is 0 Å². The van der Waals surface area contributed by atoms with Crippen molar-refractivity contribution in [2.45, 2.75) is 25.8 Å². The van der Waals surface area contributed by atoms with E-state index in [0.29, 0.717) is 6.61 Å². The molecule has 84 valence electrons. The first-order valence-corrected chi connectivity index (χ1v) is 5.56. The van der Waals surface area contributed by atoms with Crippen LogP contribution in [0, 0.1) is 0 Å². The van der Waals surface area contributed by atoms with Crippen molar-refractivity contribution >= 4 is 11.6 Å². The van der Waals surface area contributed by atoms with Crippen LogP contribution in [0.15, 0.2) is 24.3 Å². The van der Waals surface area contributed by atoms with Crippen LogP contribution in [0.4, 0.5) is 0 Å². The molecule has 0 aromatic heterocycles. The lowest BCUT2D eigenvalue weighted by Crippen LogP contribution is -2.34. The first kappa shape index (κ1) is 12.5. The molecule has 0 saturated heterocycles. The second-order valence-corrected chi connectivity index (χ2v) is 4.31. The second kappa shape index (κ2) is 5.50. The van der Waals surface area contributed by atoms with Gasteiger partial charge in [0.05, 0.1) is 0 Å². The first-order valence-electron chi connectivity index (χ1n) is 5.19. The van der Waals surface area contributed by atoms with Crippen LogP contribution in [0.25, 0.3) is 0 Å². The number of halogens is 1. The monoisotopic (exact) mass is 227 g/mol. The highest BCUT2D eigenvalue weighted by Crippen LogP contribution is 2.23. The highest BCUT2D eigenvalue weighted by molar-refractivity contribution is 6.30. The Labute approximate surface area is 96.4 Å². The number of ether oxygens (including phenoxy) is 1. The Morgan fingerprint density at radius 3 is 2.47 bits per heavy atom. The van der Waals surface area contributed by atoms with Crippen LogP contribution in [0.5, 0.6) is 0 Å². The molecule has 1 unspecified atom stereocenters. The smallest absolute Gasteiger partial charge is 0.0486 e. The molecule has 0 amide bonds. The summed E-state index contributed by atoms with van der Waals surface area (Å²) in [5.74, 6) is 0. The normalized spacial score (nSPS) is 14.9. The zero-order chi connectivity index (χ0) is 11.3. The summed E-state index contributed by atoms with van der Waals surface area (Å²) in [7, 11) is 0. The van der Waals surface area contributed by atoms with Crippen LogP contribution in [0.3, 0.4) is 0 Å². The van der Waals surface area contributed by atoms with Gasteiger partial charge in [0.15, 0.2) is 0 Å². The topological polar surface area (TPSA) is 35.2 Å². The van der Waals surface area contributed by atoms with E-state index in [1.165, 1.54) is 0 Å². The summed E-state index contributed by atoms with van der Waals surface area (Å²) in [6.45, 7) is 5.41. The molecule has 2 N–H and O–H groups in total. The van der Waals surface area contributed by atoms with Gasteiger partial charge in [-0.15, -0.1) is 0 Å². The standard InChI is InChI=1S/C12H18ClNO/c1-3-15-9-8-12(2,14)10-4-6-11(13)7-5-10/h4-7H,3,8-9,14H2,1-2H3. The molecule has 1 aromatic rings. The molecule has 0 saturated carbocycles. The van der Waals surface area contributed by atoms with Crippen molar-refractivity contribution in [1.29, 1.82) is 0 Å². The van der Waals surface area contributed by atoms with Gasteiger partial charge in [-0.3, -0.25) is 0 Å². The van der Waals surface area contributed by atoms with Crippen LogP contribution in [0.2, 0.25) is 5.02 Å². The van der Waals surface area contributed by atoms with Gasteiger partial charge in [0, 0.05) is 23.8 Å². The van der Waals surface area contributed by atoms with Gasteiger partial charge < -0.3 is 10.5 Å². The average molecular weight is 228 g/mol. The maximum atomic E-state index is 6.21. The van der Waals surface area contributed by atoms with E-state index in [4.69, 9.17) is 22.1 Å². The second-order valence-electron chi connectivity index (χ2n) is 3.87. The minimum Gasteiger partial charge on any atom is -0.382 e. The lowest BCUT2D eigenvalue weighted by Gasteiger charge is -2.25. The van der Waals surface area contributed by atoms with E-state index in [0.717, 1.165) is 23.6 Å². The molecule has 2 nitrogen and oxygen atoms in total. The van der Waals surface area contributed by atoms with Crippen molar-refractivity contribution in [1.82, 2.24) is 0 Å². The van der Waals surface area contributed by atoms with Gasteiger partial charge in [-0.25, -0.2) is 0 Å². The maximum absolute atomic E-state index is 6.21. The summed E-state index contributed by atoms with van der Waals surface area (Å²) in [5.41, 5.74) is 6.95. The molecular weight excluding hydrogens is 210 g/mol. The third-order valence-corrected chi connectivity index (χ3v) is 2.73. The highest BCUT2D eigenvalue weighted by atomic mass is 35.5. The first-order chi connectivity index (χ1) is 7.06. The fourth-order valence-corrected chi connectivity index (χ4v) is 1.53. The Morgan fingerprint density at radius 2 is 1.93 bits per heavy atom. The summed E-state index contributed by atoms with van der Waals surface area (Å²) < 4.78 is 5.31. The van der Waals surface area contributed by atoms with E-state index in [1.54, 1.807) is 0 Å². The van der Waals surface area contributed by atoms with Crippen LogP contribution in [-0.2, 0) is 10.3 Å². The number of hydrogen-bond donors (Lipinski definition) is 1. The van der Waals surface area contributed by atoms with Crippen molar-refractivity contribution in [3.05, 3.63) is 34.9 Å². The maximum Gasteiger partial charge on any atom is 0.0486 e. The third kappa shape index (κ3) is 3.82. The van der Waals surface area contributed by atoms with Gasteiger partial charge in [0.25, 0.3) is 0 Å². The molecule has 0 heterocycles. The van der Waals surface area contributed by atoms with E-state index >= 15 is 0 Å². The largest absolute Gasteiger partial charge is 0.382 e. The predicted molar refractivity (Wildman–Crippen MR) is 64.1 cm³/mol. The van der Waals surface area contributed by atoms with Gasteiger partial charge in [0.2, 0.25) is 0 Å². The SMILES string of the molecule is CCOCCC(C)(N)c1ccc(Cl)cc1. The van der Waals surface area contributed by atoms with E-state index in [2.05, 4.69) is 0 Å². The number of hydrogen-bond acceptors (Lipinski definition) is 2. The Balaban J connectivity index is 2.63. The third-order valence-electron chi connectivity index (χ3n) is 2.47. The fourth-order valence-electron chi connectivity index (χ4n) is 1.40. The van der Waals surface area contributed by atoms with Crippen LogP contribution >= 0.6 is 11.6 Å². The Kier molecular flexibility index (Phi) is 4.58.